The summed E-state index contributed by atoms with van der Waals surface area (Å²) in [6, 6.07) is 8.88. The van der Waals surface area contributed by atoms with Gasteiger partial charge in [-0.3, -0.25) is 14.8 Å². The molecule has 6 nitrogen and oxygen atoms in total. The minimum atomic E-state index is -0.153. The summed E-state index contributed by atoms with van der Waals surface area (Å²) < 4.78 is 0. The number of nitrogens with one attached hydrogen (secondary N) is 1. The van der Waals surface area contributed by atoms with E-state index in [0.29, 0.717) is 23.4 Å². The van der Waals surface area contributed by atoms with E-state index in [1.807, 2.05) is 24.4 Å². The van der Waals surface area contributed by atoms with E-state index >= 15 is 0 Å². The monoisotopic (exact) mass is 457 g/mol. The zero-order valence-electron chi connectivity index (χ0n) is 20.4. The second-order valence-electron chi connectivity index (χ2n) is 10.4. The first-order chi connectivity index (χ1) is 16.4. The third kappa shape index (κ3) is 4.39. The van der Waals surface area contributed by atoms with E-state index in [9.17, 15) is 4.79 Å². The summed E-state index contributed by atoms with van der Waals surface area (Å²) >= 11 is 0. The Hall–Kier alpha value is -2.99. The predicted molar refractivity (Wildman–Crippen MR) is 138 cm³/mol. The van der Waals surface area contributed by atoms with Crippen LogP contribution < -0.4 is 16.0 Å². The van der Waals surface area contributed by atoms with Crippen molar-refractivity contribution in [3.05, 3.63) is 59.5 Å². The van der Waals surface area contributed by atoms with Crippen LogP contribution in [0.4, 0.5) is 11.4 Å². The maximum Gasteiger partial charge on any atom is 0.257 e. The highest BCUT2D eigenvalue weighted by Gasteiger charge is 2.28. The van der Waals surface area contributed by atoms with Gasteiger partial charge in [0.25, 0.3) is 5.91 Å². The van der Waals surface area contributed by atoms with Crippen molar-refractivity contribution in [2.45, 2.75) is 70.4 Å². The van der Waals surface area contributed by atoms with Gasteiger partial charge in [-0.2, -0.15) is 0 Å². The number of aromatic nitrogens is 2. The van der Waals surface area contributed by atoms with Gasteiger partial charge in [0.15, 0.2) is 0 Å². The highest BCUT2D eigenvalue weighted by atomic mass is 16.1. The number of amides is 1. The molecule has 1 amide bonds. The number of hydrogen-bond acceptors (Lipinski definition) is 5. The molecule has 2 aliphatic rings. The van der Waals surface area contributed by atoms with Crippen LogP contribution in [0.3, 0.4) is 0 Å². The highest BCUT2D eigenvalue weighted by Crippen LogP contribution is 2.38. The lowest BCUT2D eigenvalue weighted by Crippen LogP contribution is -2.37. The fraction of sp³-hybridized carbons (Fsp3) is 0.464. The number of rotatable bonds is 5. The maximum absolute atomic E-state index is 13.5. The molecule has 3 atom stereocenters. The molecule has 1 aromatic carbocycles. The normalized spacial score (nSPS) is 22.9. The van der Waals surface area contributed by atoms with Gasteiger partial charge in [-0.1, -0.05) is 13.0 Å². The minimum absolute atomic E-state index is 0.153. The summed E-state index contributed by atoms with van der Waals surface area (Å²) in [7, 11) is 2.14. The van der Waals surface area contributed by atoms with Crippen LogP contribution in [0.2, 0.25) is 0 Å². The Morgan fingerprint density at radius 1 is 1.15 bits per heavy atom. The van der Waals surface area contributed by atoms with Crippen molar-refractivity contribution in [3.63, 3.8) is 0 Å². The van der Waals surface area contributed by atoms with Gasteiger partial charge in [0.05, 0.1) is 34.8 Å². The summed E-state index contributed by atoms with van der Waals surface area (Å²) in [6.45, 7) is 4.33. The van der Waals surface area contributed by atoms with Gasteiger partial charge >= 0.3 is 0 Å². The smallest absolute Gasteiger partial charge is 0.257 e. The Morgan fingerprint density at radius 3 is 2.71 bits per heavy atom. The number of nitrogens with two attached hydrogens (primary N) is 1. The SMILES string of the molecule is Cc1ccc(C(=O)Nc2cnccc2C2CC(C)CC(N)C2)c2ncc(N(C)C3CCC3)cc12. The predicted octanol–water partition coefficient (Wildman–Crippen LogP) is 5.41. The lowest BCUT2D eigenvalue weighted by molar-refractivity contribution is 0.102. The van der Waals surface area contributed by atoms with Crippen LogP contribution in [0.1, 0.15) is 72.9 Å². The molecule has 0 aliphatic heterocycles. The molecule has 5 rings (SSSR count). The summed E-state index contributed by atoms with van der Waals surface area (Å²) in [6.07, 6.45) is 12.3. The van der Waals surface area contributed by atoms with Gasteiger partial charge in [0, 0.05) is 30.7 Å². The molecular formula is C28H35N5O. The lowest BCUT2D eigenvalue weighted by atomic mass is 9.76. The van der Waals surface area contributed by atoms with E-state index in [1.54, 1.807) is 12.4 Å². The van der Waals surface area contributed by atoms with Gasteiger partial charge in [-0.15, -0.1) is 0 Å². The zero-order valence-corrected chi connectivity index (χ0v) is 20.4. The number of hydrogen-bond donors (Lipinski definition) is 2. The molecule has 0 spiro atoms. The summed E-state index contributed by atoms with van der Waals surface area (Å²) in [4.78, 5) is 24.9. The molecular weight excluding hydrogens is 422 g/mol. The standard InChI is InChI=1S/C28H35N5O/c1-17-11-19(13-20(29)12-17)23-9-10-30-16-26(23)32-28(34)24-8-7-18(2)25-14-22(15-31-27(24)25)33(3)21-5-4-6-21/h7-10,14-17,19-21H,4-6,11-13,29H2,1-3H3,(H,32,34). The lowest BCUT2D eigenvalue weighted by Gasteiger charge is -2.36. The van der Waals surface area contributed by atoms with Crippen molar-refractivity contribution < 1.29 is 4.79 Å². The molecule has 2 fully saturated rings. The molecule has 3 unspecified atom stereocenters. The van der Waals surface area contributed by atoms with Crippen molar-refractivity contribution in [1.82, 2.24) is 9.97 Å². The fourth-order valence-electron chi connectivity index (χ4n) is 5.67. The van der Waals surface area contributed by atoms with Crippen LogP contribution in [0, 0.1) is 12.8 Å². The van der Waals surface area contributed by atoms with Crippen molar-refractivity contribution in [2.75, 3.05) is 17.3 Å². The van der Waals surface area contributed by atoms with Gasteiger partial charge in [0.1, 0.15) is 0 Å². The fourth-order valence-corrected chi connectivity index (χ4v) is 5.67. The molecule has 2 aliphatic carbocycles. The average Bonchev–Trinajstić information content (AvgIpc) is 2.77. The summed E-state index contributed by atoms with van der Waals surface area (Å²) in [5.41, 5.74) is 11.8. The first-order valence-corrected chi connectivity index (χ1v) is 12.5. The number of anilines is 2. The molecule has 0 radical (unpaired) electrons. The largest absolute Gasteiger partial charge is 0.370 e. The Morgan fingerprint density at radius 2 is 1.97 bits per heavy atom. The summed E-state index contributed by atoms with van der Waals surface area (Å²) in [5, 5.41) is 4.17. The maximum atomic E-state index is 13.5. The molecule has 2 aromatic heterocycles. The van der Waals surface area contributed by atoms with Crippen LogP contribution in [-0.4, -0.2) is 35.0 Å². The van der Waals surface area contributed by atoms with E-state index in [0.717, 1.165) is 52.7 Å². The van der Waals surface area contributed by atoms with Crippen molar-refractivity contribution in [3.8, 4) is 0 Å². The van der Waals surface area contributed by atoms with Crippen LogP contribution in [0.5, 0.6) is 0 Å². The van der Waals surface area contributed by atoms with Gasteiger partial charge in [0.2, 0.25) is 0 Å². The van der Waals surface area contributed by atoms with Crippen LogP contribution >= 0.6 is 0 Å². The van der Waals surface area contributed by atoms with Crippen LogP contribution in [0.15, 0.2) is 42.9 Å². The third-order valence-corrected chi connectivity index (χ3v) is 7.85. The van der Waals surface area contributed by atoms with Crippen LogP contribution in [0.25, 0.3) is 10.9 Å². The van der Waals surface area contributed by atoms with Gasteiger partial charge in [-0.05, 0) is 86.6 Å². The Balaban J connectivity index is 1.44. The van der Waals surface area contributed by atoms with E-state index < -0.39 is 0 Å². The number of fused-ring (bicyclic) bond motifs is 1. The van der Waals surface area contributed by atoms with E-state index in [2.05, 4.69) is 42.2 Å². The molecule has 178 valence electrons. The molecule has 0 saturated heterocycles. The minimum Gasteiger partial charge on any atom is -0.370 e. The number of pyridine rings is 2. The Kier molecular flexibility index (Phi) is 6.26. The molecule has 3 N–H and O–H groups in total. The number of nitrogens with zero attached hydrogens (tertiary/aromatic N) is 3. The number of aryl methyl sites for hydroxylation is 1. The molecule has 3 aromatic rings. The molecule has 34 heavy (non-hydrogen) atoms. The number of carbonyl (C=O) groups excluding carboxylic acids is 1. The Bertz CT molecular complexity index is 1190. The Labute approximate surface area is 202 Å². The third-order valence-electron chi connectivity index (χ3n) is 7.85. The number of carbonyl (C=O) groups is 1. The van der Waals surface area contributed by atoms with E-state index in [1.165, 1.54) is 19.3 Å². The highest BCUT2D eigenvalue weighted by molar-refractivity contribution is 6.12. The van der Waals surface area contributed by atoms with E-state index in [-0.39, 0.29) is 11.9 Å². The molecule has 0 bridgehead atoms. The van der Waals surface area contributed by atoms with Crippen molar-refractivity contribution in [2.24, 2.45) is 11.7 Å². The average molecular weight is 458 g/mol. The van der Waals surface area contributed by atoms with Crippen molar-refractivity contribution >= 4 is 28.2 Å². The molecule has 2 saturated carbocycles. The van der Waals surface area contributed by atoms with Crippen LogP contribution in [-0.2, 0) is 0 Å². The van der Waals surface area contributed by atoms with Gasteiger partial charge < -0.3 is 16.0 Å². The first-order valence-electron chi connectivity index (χ1n) is 12.5. The van der Waals surface area contributed by atoms with E-state index in [4.69, 9.17) is 10.7 Å². The topological polar surface area (TPSA) is 84.1 Å². The molecule has 6 heteroatoms. The quantitative estimate of drug-likeness (QED) is 0.535. The number of benzene rings is 1. The molecule has 2 heterocycles. The summed E-state index contributed by atoms with van der Waals surface area (Å²) in [5.74, 6) is 0.748. The zero-order chi connectivity index (χ0) is 23.8. The first kappa shape index (κ1) is 22.8. The van der Waals surface area contributed by atoms with Gasteiger partial charge in [-0.25, -0.2) is 0 Å². The second kappa shape index (κ2) is 9.34. The second-order valence-corrected chi connectivity index (χ2v) is 10.4. The van der Waals surface area contributed by atoms with Crippen molar-refractivity contribution in [1.29, 1.82) is 0 Å².